The van der Waals surface area contributed by atoms with Gasteiger partial charge in [-0.25, -0.2) is 17.6 Å². The fourth-order valence-electron chi connectivity index (χ4n) is 11.2. The van der Waals surface area contributed by atoms with Gasteiger partial charge in [0, 0.05) is 62.5 Å². The Hall–Kier alpha value is -6.54. The Bertz CT molecular complexity index is 2880. The summed E-state index contributed by atoms with van der Waals surface area (Å²) in [4.78, 5) is 87.7. The molecule has 4 atom stereocenters. The van der Waals surface area contributed by atoms with Crippen LogP contribution in [0.3, 0.4) is 0 Å². The van der Waals surface area contributed by atoms with Gasteiger partial charge in [-0.1, -0.05) is 12.1 Å². The second kappa shape index (κ2) is 19.1. The number of likely N-dealkylation sites (N-methyl/N-ethyl adjacent to an activating group) is 2. The molecular formula is C49H54F4N8O8. The van der Waals surface area contributed by atoms with E-state index >= 15 is 0 Å². The van der Waals surface area contributed by atoms with Gasteiger partial charge in [-0.3, -0.25) is 38.6 Å². The number of carbonyl (C=O) groups excluding carboxylic acids is 4. The number of pyridine rings is 2. The third-order valence-corrected chi connectivity index (χ3v) is 14.5. The molecule has 0 radical (unpaired) electrons. The largest absolute Gasteiger partial charge is 0.503 e. The third kappa shape index (κ3) is 8.34. The summed E-state index contributed by atoms with van der Waals surface area (Å²) in [5, 5.41) is 15.9. The van der Waals surface area contributed by atoms with E-state index in [9.17, 15) is 51.4 Å². The van der Waals surface area contributed by atoms with Gasteiger partial charge in [-0.2, -0.15) is 0 Å². The lowest BCUT2D eigenvalue weighted by molar-refractivity contribution is 0.0666. The van der Waals surface area contributed by atoms with Gasteiger partial charge in [-0.05, 0) is 90.7 Å². The molecule has 10 rings (SSSR count). The lowest BCUT2D eigenvalue weighted by Crippen LogP contribution is -2.45. The fraction of sp³-hybridized carbons (Fsp3) is 0.469. The van der Waals surface area contributed by atoms with Gasteiger partial charge >= 0.3 is 0 Å². The van der Waals surface area contributed by atoms with Crippen LogP contribution in [0.1, 0.15) is 141 Å². The molecule has 69 heavy (non-hydrogen) atoms. The number of likely N-dealkylation sites (tertiary alicyclic amines) is 2. The minimum Gasteiger partial charge on any atom is -0.503 e. The van der Waals surface area contributed by atoms with Crippen LogP contribution in [0.4, 0.5) is 17.6 Å². The molecule has 8 heterocycles. The average molecular weight is 959 g/mol. The Morgan fingerprint density at radius 3 is 1.49 bits per heavy atom. The van der Waals surface area contributed by atoms with Crippen LogP contribution in [-0.2, 0) is 13.1 Å². The molecule has 4 aromatic rings. The Morgan fingerprint density at radius 2 is 1.07 bits per heavy atom. The predicted octanol–water partition coefficient (Wildman–Crippen LogP) is 4.94. The predicted molar refractivity (Wildman–Crippen MR) is 242 cm³/mol. The second-order valence-corrected chi connectivity index (χ2v) is 18.3. The third-order valence-electron chi connectivity index (χ3n) is 14.5. The number of hydrogen-bond acceptors (Lipinski definition) is 10. The van der Waals surface area contributed by atoms with Crippen LogP contribution in [0.5, 0.6) is 11.5 Å². The van der Waals surface area contributed by atoms with Gasteiger partial charge in [-0.15, -0.1) is 0 Å². The molecule has 366 valence electrons. The Labute approximate surface area is 394 Å². The number of carbonyl (C=O) groups is 4. The lowest BCUT2D eigenvalue weighted by atomic mass is 10.0. The van der Waals surface area contributed by atoms with E-state index in [2.05, 4.69) is 20.4 Å². The Balaban J connectivity index is 0.000000172. The Morgan fingerprint density at radius 1 is 0.652 bits per heavy atom. The molecule has 6 aliphatic rings. The van der Waals surface area contributed by atoms with E-state index < -0.39 is 57.6 Å². The van der Waals surface area contributed by atoms with Crippen molar-refractivity contribution in [3.8, 4) is 11.5 Å². The van der Waals surface area contributed by atoms with Gasteiger partial charge in [0.05, 0.1) is 42.7 Å². The summed E-state index contributed by atoms with van der Waals surface area (Å²) in [7, 11) is 1.32. The van der Waals surface area contributed by atoms with Crippen molar-refractivity contribution in [2.24, 2.45) is 0 Å². The van der Waals surface area contributed by atoms with Crippen molar-refractivity contribution >= 4 is 23.6 Å². The standard InChI is InChI=1S/C25H28F2N4O4.C24H26F2N4O4/c1-3-29-13-16-11-18(30-8-4-5-9-30)20-19(22(32)23(35-2)21(25(29)34)31(16)20)24(33)28-12-14-6-7-15(26)10-17(14)27;1-2-28-12-15-10-17(29-7-3-4-8-29)19-18(21(31)22(32)20(24(28)34)30(15)19)23(33)27-11-13-5-6-14(25)9-16(13)26/h6-7,10,16,18H,3-5,8-9,11-13H2,1-2H3,(H,28,33);5-6,9,15,17,32H,2-4,7-8,10-12H2,1H3,(H,27,33)/t16-,18?;15-,17?/m00/s1. The lowest BCUT2D eigenvalue weighted by Gasteiger charge is -2.34. The number of amides is 4. The van der Waals surface area contributed by atoms with E-state index in [-0.39, 0.29) is 82.6 Å². The van der Waals surface area contributed by atoms with Crippen molar-refractivity contribution in [2.75, 3.05) is 59.5 Å². The summed E-state index contributed by atoms with van der Waals surface area (Å²) >= 11 is 0. The number of benzene rings is 2. The molecule has 2 fully saturated rings. The first-order valence-electron chi connectivity index (χ1n) is 23.6. The zero-order valence-corrected chi connectivity index (χ0v) is 38.6. The molecule has 0 spiro atoms. The molecular weight excluding hydrogens is 905 g/mol. The van der Waals surface area contributed by atoms with Crippen molar-refractivity contribution in [3.63, 3.8) is 0 Å². The van der Waals surface area contributed by atoms with Crippen LogP contribution in [0.25, 0.3) is 0 Å². The number of rotatable bonds is 11. The maximum atomic E-state index is 14.1. The highest BCUT2D eigenvalue weighted by Gasteiger charge is 2.49. The molecule has 3 N–H and O–H groups in total. The zero-order valence-electron chi connectivity index (χ0n) is 38.6. The van der Waals surface area contributed by atoms with Crippen LogP contribution >= 0.6 is 0 Å². The van der Waals surface area contributed by atoms with Crippen LogP contribution in [0.15, 0.2) is 46.0 Å². The van der Waals surface area contributed by atoms with Crippen LogP contribution in [-0.4, -0.2) is 117 Å². The SMILES string of the molecule is CCN1C[C@@H]2CC(N3CCCC3)c3c(C(=O)NCc4ccc(F)cc4F)c(=O)c(O)c(n32)C1=O.CCN1C[C@@H]2CC(N3CCCC3)c3c(C(=O)NCc4ccc(F)cc4F)c(=O)c(OC)c(n32)C1=O. The van der Waals surface area contributed by atoms with E-state index in [1.807, 2.05) is 18.4 Å². The first-order chi connectivity index (χ1) is 33.2. The number of aromatic hydroxyl groups is 1. The number of methoxy groups -OCH3 is 1. The minimum absolute atomic E-state index is 0.0659. The van der Waals surface area contributed by atoms with Crippen molar-refractivity contribution in [1.82, 2.24) is 39.4 Å². The molecule has 2 saturated heterocycles. The van der Waals surface area contributed by atoms with Crippen molar-refractivity contribution in [1.29, 1.82) is 0 Å². The smallest absolute Gasteiger partial charge is 0.274 e. The number of nitrogens with zero attached hydrogens (tertiary/aromatic N) is 6. The molecule has 4 amide bonds. The van der Waals surface area contributed by atoms with Gasteiger partial charge in [0.25, 0.3) is 23.6 Å². The van der Waals surface area contributed by atoms with Crippen molar-refractivity contribution < 1.29 is 46.6 Å². The monoisotopic (exact) mass is 958 g/mol. The highest BCUT2D eigenvalue weighted by molar-refractivity contribution is 6.01. The molecule has 0 bridgehead atoms. The molecule has 0 aliphatic carbocycles. The Kier molecular flexibility index (Phi) is 13.2. The zero-order chi connectivity index (χ0) is 49.0. The molecule has 2 aromatic carbocycles. The number of nitrogens with one attached hydrogen (secondary N) is 2. The highest BCUT2D eigenvalue weighted by Crippen LogP contribution is 2.47. The first kappa shape index (κ1) is 47.5. The number of halogens is 4. The van der Waals surface area contributed by atoms with Gasteiger partial charge in [0.1, 0.15) is 34.4 Å². The maximum Gasteiger partial charge on any atom is 0.274 e. The van der Waals surface area contributed by atoms with Crippen molar-refractivity contribution in [3.05, 3.63) is 125 Å². The quantitative estimate of drug-likeness (QED) is 0.175. The normalized spacial score (nSPS) is 21.6. The first-order valence-corrected chi connectivity index (χ1v) is 23.6. The maximum absolute atomic E-state index is 14.1. The van der Waals surface area contributed by atoms with E-state index in [4.69, 9.17) is 4.74 Å². The molecule has 16 nitrogen and oxygen atoms in total. The summed E-state index contributed by atoms with van der Waals surface area (Å²) in [5.74, 6) is -6.08. The molecule has 0 saturated carbocycles. The van der Waals surface area contributed by atoms with E-state index in [1.54, 1.807) is 14.4 Å². The van der Waals surface area contributed by atoms with Crippen LogP contribution in [0.2, 0.25) is 0 Å². The average Bonchev–Trinajstić information content (AvgIpc) is 4.17. The summed E-state index contributed by atoms with van der Waals surface area (Å²) in [6, 6.07) is 5.47. The van der Waals surface area contributed by atoms with Crippen molar-refractivity contribution in [2.45, 2.75) is 89.6 Å². The molecule has 20 heteroatoms. The van der Waals surface area contributed by atoms with Gasteiger partial charge < -0.3 is 39.4 Å². The summed E-state index contributed by atoms with van der Waals surface area (Å²) in [5.41, 5.74) is -0.609. The molecule has 2 aromatic heterocycles. The molecule has 2 unspecified atom stereocenters. The highest BCUT2D eigenvalue weighted by atomic mass is 19.1. The van der Waals surface area contributed by atoms with Gasteiger partial charge in [0.15, 0.2) is 22.9 Å². The topological polar surface area (TPSA) is 179 Å². The van der Waals surface area contributed by atoms with Crippen LogP contribution < -0.4 is 26.2 Å². The van der Waals surface area contributed by atoms with E-state index in [1.165, 1.54) is 19.2 Å². The second-order valence-electron chi connectivity index (χ2n) is 18.3. The fourth-order valence-corrected chi connectivity index (χ4v) is 11.2. The van der Waals surface area contributed by atoms with E-state index in [0.29, 0.717) is 50.4 Å². The number of aromatic nitrogens is 2. The van der Waals surface area contributed by atoms with E-state index in [0.717, 1.165) is 76.1 Å². The minimum atomic E-state index is -0.908. The number of ether oxygens (including phenoxy) is 1. The summed E-state index contributed by atoms with van der Waals surface area (Å²) in [6.45, 7) is 8.46. The van der Waals surface area contributed by atoms with Crippen LogP contribution in [0, 0.1) is 23.3 Å². The summed E-state index contributed by atoms with van der Waals surface area (Å²) < 4.78 is 63.6. The molecule has 6 aliphatic heterocycles. The number of hydrogen-bond donors (Lipinski definition) is 3. The van der Waals surface area contributed by atoms with Gasteiger partial charge in [0.2, 0.25) is 10.9 Å². The summed E-state index contributed by atoms with van der Waals surface area (Å²) in [6.07, 6.45) is 5.35.